The Hall–Kier alpha value is -5.00. The Morgan fingerprint density at radius 1 is 1.16 bits per heavy atom. The second kappa shape index (κ2) is 11.7. The van der Waals surface area contributed by atoms with Crippen LogP contribution in [0.15, 0.2) is 61.2 Å². The van der Waals surface area contributed by atoms with E-state index in [0.29, 0.717) is 41.9 Å². The van der Waals surface area contributed by atoms with E-state index in [0.717, 1.165) is 47.6 Å². The summed E-state index contributed by atoms with van der Waals surface area (Å²) in [5.41, 5.74) is 4.42. The number of halogens is 1. The summed E-state index contributed by atoms with van der Waals surface area (Å²) < 4.78 is 26.7. The number of methoxy groups -OCH3 is 1. The quantitative estimate of drug-likeness (QED) is 0.246. The van der Waals surface area contributed by atoms with Crippen LogP contribution in [0.3, 0.4) is 0 Å². The molecule has 11 heteroatoms. The third-order valence-electron chi connectivity index (χ3n) is 8.12. The molecule has 0 spiro atoms. The van der Waals surface area contributed by atoms with E-state index in [2.05, 4.69) is 38.6 Å². The van der Waals surface area contributed by atoms with Gasteiger partial charge in [0.15, 0.2) is 5.82 Å². The van der Waals surface area contributed by atoms with Crippen molar-refractivity contribution in [3.63, 3.8) is 0 Å². The van der Waals surface area contributed by atoms with Crippen molar-refractivity contribution in [2.24, 2.45) is 5.92 Å². The summed E-state index contributed by atoms with van der Waals surface area (Å²) in [6.45, 7) is 8.47. The second-order valence-corrected chi connectivity index (χ2v) is 11.2. The Morgan fingerprint density at radius 3 is 2.65 bits per heavy atom. The van der Waals surface area contributed by atoms with Gasteiger partial charge in [0.05, 0.1) is 36.7 Å². The lowest BCUT2D eigenvalue weighted by Crippen LogP contribution is -2.68. The average molecular weight is 579 g/mol. The molecule has 0 amide bonds. The fourth-order valence-corrected chi connectivity index (χ4v) is 5.98. The third kappa shape index (κ3) is 5.60. The molecule has 0 aliphatic carbocycles. The maximum Gasteiger partial charge on any atom is 0.250 e. The van der Waals surface area contributed by atoms with E-state index >= 15 is 0 Å². The highest BCUT2D eigenvalue weighted by Gasteiger charge is 2.44. The van der Waals surface area contributed by atoms with Gasteiger partial charge in [0, 0.05) is 61.2 Å². The molecular weight excluding hydrogens is 547 g/mol. The first-order valence-corrected chi connectivity index (χ1v) is 14.1. The molecule has 4 aromatic rings. The van der Waals surface area contributed by atoms with Crippen molar-refractivity contribution in [2.45, 2.75) is 38.4 Å². The standard InChI is InChI=1S/C32H31FN8O2/c1-20(10-34)6-21(2)19-43-27-9-28(31-24(11-35)14-38-41(31)18-27)23-4-5-30(36-13-23)39-16-25-8-26(17-39)40(25)15-22-7-29(33)32(42-3)37-12-22/h4-5,7,9,12-14,18,20,25-26H,2,6,8,15-17,19H2,1,3H3. The Bertz CT molecular complexity index is 1740. The number of fused-ring (bicyclic) bond motifs is 3. The second-order valence-electron chi connectivity index (χ2n) is 11.2. The van der Waals surface area contributed by atoms with Crippen LogP contribution in [0.2, 0.25) is 0 Å². The Kier molecular flexibility index (Phi) is 7.66. The number of pyridine rings is 3. The van der Waals surface area contributed by atoms with Crippen LogP contribution in [0.25, 0.3) is 16.6 Å². The molecule has 3 atom stereocenters. The molecule has 0 saturated carbocycles. The third-order valence-corrected chi connectivity index (χ3v) is 8.12. The van der Waals surface area contributed by atoms with E-state index in [1.54, 1.807) is 23.1 Å². The summed E-state index contributed by atoms with van der Waals surface area (Å²) in [6, 6.07) is 12.6. The summed E-state index contributed by atoms with van der Waals surface area (Å²) in [6.07, 6.45) is 8.44. The number of ether oxygens (including phenoxy) is 2. The molecule has 43 heavy (non-hydrogen) atoms. The van der Waals surface area contributed by atoms with E-state index < -0.39 is 5.82 Å². The maximum absolute atomic E-state index is 14.1. The van der Waals surface area contributed by atoms with Gasteiger partial charge in [0.25, 0.3) is 0 Å². The van der Waals surface area contributed by atoms with Gasteiger partial charge in [0.2, 0.25) is 5.88 Å². The van der Waals surface area contributed by atoms with Gasteiger partial charge in [-0.2, -0.15) is 15.6 Å². The summed E-state index contributed by atoms with van der Waals surface area (Å²) >= 11 is 0. The van der Waals surface area contributed by atoms with Crippen molar-refractivity contribution in [3.05, 3.63) is 78.1 Å². The van der Waals surface area contributed by atoms with Crippen molar-refractivity contribution in [1.29, 1.82) is 10.5 Å². The van der Waals surface area contributed by atoms with Gasteiger partial charge in [0.1, 0.15) is 24.2 Å². The zero-order chi connectivity index (χ0) is 30.1. The molecule has 10 nitrogen and oxygen atoms in total. The number of nitriles is 2. The molecule has 3 unspecified atom stereocenters. The number of anilines is 1. The number of aromatic nitrogens is 4. The molecule has 3 fully saturated rings. The van der Waals surface area contributed by atoms with Gasteiger partial charge in [-0.05, 0) is 55.2 Å². The summed E-state index contributed by atoms with van der Waals surface area (Å²) in [4.78, 5) is 13.6. The fraction of sp³-hybridized carbons (Fsp3) is 0.344. The summed E-state index contributed by atoms with van der Waals surface area (Å²) in [7, 11) is 1.41. The number of nitrogens with zero attached hydrogens (tertiary/aromatic N) is 8. The lowest BCUT2D eigenvalue weighted by molar-refractivity contribution is -0.00884. The largest absolute Gasteiger partial charge is 0.488 e. The Labute approximate surface area is 249 Å². The number of piperidine rings is 1. The fourth-order valence-electron chi connectivity index (χ4n) is 5.98. The van der Waals surface area contributed by atoms with Gasteiger partial charge in [-0.25, -0.2) is 18.9 Å². The molecule has 3 saturated heterocycles. The molecule has 4 aromatic heterocycles. The minimum Gasteiger partial charge on any atom is -0.488 e. The van der Waals surface area contributed by atoms with Crippen molar-refractivity contribution >= 4 is 11.3 Å². The van der Waals surface area contributed by atoms with Crippen molar-refractivity contribution in [2.75, 3.05) is 31.7 Å². The van der Waals surface area contributed by atoms with Crippen molar-refractivity contribution in [1.82, 2.24) is 24.5 Å². The van der Waals surface area contributed by atoms with Crippen LogP contribution in [0.1, 0.15) is 30.9 Å². The molecule has 3 aliphatic heterocycles. The lowest BCUT2D eigenvalue weighted by atomic mass is 9.87. The number of hydrogen-bond acceptors (Lipinski definition) is 9. The summed E-state index contributed by atoms with van der Waals surface area (Å²) in [5.74, 6) is 0.897. The predicted molar refractivity (Wildman–Crippen MR) is 158 cm³/mol. The number of hydrogen-bond donors (Lipinski definition) is 0. The minimum absolute atomic E-state index is 0.0119. The lowest BCUT2D eigenvalue weighted by Gasteiger charge is -2.56. The van der Waals surface area contributed by atoms with Gasteiger partial charge in [-0.1, -0.05) is 6.58 Å². The molecule has 0 radical (unpaired) electrons. The van der Waals surface area contributed by atoms with E-state index in [-0.39, 0.29) is 18.4 Å². The number of rotatable bonds is 10. The van der Waals surface area contributed by atoms with Crippen LogP contribution in [0, 0.1) is 34.4 Å². The van der Waals surface area contributed by atoms with Crippen LogP contribution in [0.5, 0.6) is 11.6 Å². The smallest absolute Gasteiger partial charge is 0.250 e. The topological polar surface area (TPSA) is 116 Å². The first kappa shape index (κ1) is 28.1. The monoisotopic (exact) mass is 578 g/mol. The SMILES string of the molecule is C=C(COc1cc(-c2ccc(N3CC4CC(C3)N4Cc3cnc(OC)c(F)c3)nc2)c2c(C#N)cnn2c1)CC(C)C#N. The van der Waals surface area contributed by atoms with Crippen molar-refractivity contribution in [3.8, 4) is 34.9 Å². The predicted octanol–water partition coefficient (Wildman–Crippen LogP) is 4.76. The van der Waals surface area contributed by atoms with Crippen LogP contribution >= 0.6 is 0 Å². The average Bonchev–Trinajstić information content (AvgIpc) is 3.45. The number of piperazine rings is 1. The Balaban J connectivity index is 1.17. The normalized spacial score (nSPS) is 18.4. The first-order chi connectivity index (χ1) is 20.9. The van der Waals surface area contributed by atoms with Gasteiger partial charge in [-0.3, -0.25) is 4.90 Å². The Morgan fingerprint density at radius 2 is 1.98 bits per heavy atom. The highest BCUT2D eigenvalue weighted by atomic mass is 19.1. The van der Waals surface area contributed by atoms with Gasteiger partial charge < -0.3 is 14.4 Å². The molecule has 7 heterocycles. The zero-order valence-corrected chi connectivity index (χ0v) is 24.1. The van der Waals surface area contributed by atoms with E-state index in [1.807, 2.05) is 31.3 Å². The van der Waals surface area contributed by atoms with E-state index in [9.17, 15) is 9.65 Å². The molecule has 218 valence electrons. The summed E-state index contributed by atoms with van der Waals surface area (Å²) in [5, 5.41) is 23.2. The molecule has 3 aliphatic rings. The van der Waals surface area contributed by atoms with E-state index in [1.165, 1.54) is 13.2 Å². The molecule has 0 N–H and O–H groups in total. The maximum atomic E-state index is 14.1. The van der Waals surface area contributed by atoms with E-state index in [4.69, 9.17) is 19.7 Å². The van der Waals surface area contributed by atoms with Gasteiger partial charge >= 0.3 is 0 Å². The van der Waals surface area contributed by atoms with Crippen LogP contribution in [-0.4, -0.2) is 63.4 Å². The molecule has 7 rings (SSSR count). The van der Waals surface area contributed by atoms with Crippen LogP contribution < -0.4 is 14.4 Å². The molecule has 2 bridgehead atoms. The molecule has 0 aromatic carbocycles. The minimum atomic E-state index is -0.445. The zero-order valence-electron chi connectivity index (χ0n) is 24.1. The first-order valence-electron chi connectivity index (χ1n) is 14.1. The highest BCUT2D eigenvalue weighted by Crippen LogP contribution is 2.37. The van der Waals surface area contributed by atoms with Crippen LogP contribution in [0.4, 0.5) is 10.2 Å². The molecular formula is C32H31FN8O2. The van der Waals surface area contributed by atoms with Crippen molar-refractivity contribution < 1.29 is 13.9 Å². The highest BCUT2D eigenvalue weighted by molar-refractivity contribution is 5.85. The van der Waals surface area contributed by atoms with Gasteiger partial charge in [-0.15, -0.1) is 0 Å². The van der Waals surface area contributed by atoms with Crippen LogP contribution in [-0.2, 0) is 6.54 Å².